The number of thiophene rings is 1. The van der Waals surface area contributed by atoms with Gasteiger partial charge in [-0.05, 0) is 28.8 Å². The fourth-order valence-electron chi connectivity index (χ4n) is 1.55. The van der Waals surface area contributed by atoms with Crippen LogP contribution in [0, 0.1) is 0 Å². The Bertz CT molecular complexity index is 218. The normalized spacial score (nSPS) is 10.7. The SMILES string of the molecule is CCCCCCCCOCc1ccsc1. The molecule has 0 bridgehead atoms. The topological polar surface area (TPSA) is 9.23 Å². The Morgan fingerprint density at radius 1 is 1.13 bits per heavy atom. The number of ether oxygens (including phenoxy) is 1. The number of unbranched alkanes of at least 4 members (excludes halogenated alkanes) is 5. The Kier molecular flexibility index (Phi) is 7.58. The lowest BCUT2D eigenvalue weighted by Crippen LogP contribution is -1.94. The highest BCUT2D eigenvalue weighted by atomic mass is 32.1. The van der Waals surface area contributed by atoms with Crippen LogP contribution < -0.4 is 0 Å². The molecular formula is C13H22OS. The first kappa shape index (κ1) is 12.7. The van der Waals surface area contributed by atoms with Crippen molar-refractivity contribution in [3.63, 3.8) is 0 Å². The van der Waals surface area contributed by atoms with Crippen LogP contribution in [-0.2, 0) is 11.3 Å². The van der Waals surface area contributed by atoms with Crippen molar-refractivity contribution in [2.75, 3.05) is 6.61 Å². The van der Waals surface area contributed by atoms with Crippen molar-refractivity contribution in [2.24, 2.45) is 0 Å². The van der Waals surface area contributed by atoms with E-state index in [4.69, 9.17) is 4.74 Å². The van der Waals surface area contributed by atoms with Gasteiger partial charge in [-0.1, -0.05) is 39.0 Å². The Hall–Kier alpha value is -0.340. The third-order valence-electron chi connectivity index (χ3n) is 2.49. The number of hydrogen-bond donors (Lipinski definition) is 0. The average molecular weight is 226 g/mol. The summed E-state index contributed by atoms with van der Waals surface area (Å²) in [4.78, 5) is 0. The quantitative estimate of drug-likeness (QED) is 0.558. The molecule has 0 radical (unpaired) electrons. The van der Waals surface area contributed by atoms with Crippen LogP contribution in [0.4, 0.5) is 0 Å². The molecular weight excluding hydrogens is 204 g/mol. The van der Waals surface area contributed by atoms with E-state index >= 15 is 0 Å². The van der Waals surface area contributed by atoms with Crippen LogP contribution in [0.2, 0.25) is 0 Å². The molecule has 0 atom stereocenters. The van der Waals surface area contributed by atoms with Crippen LogP contribution in [0.5, 0.6) is 0 Å². The summed E-state index contributed by atoms with van der Waals surface area (Å²) in [6.45, 7) is 3.96. The standard InChI is InChI=1S/C13H22OS/c1-2-3-4-5-6-7-9-14-11-13-8-10-15-12-13/h8,10,12H,2-7,9,11H2,1H3. The van der Waals surface area contributed by atoms with Gasteiger partial charge in [0.2, 0.25) is 0 Å². The van der Waals surface area contributed by atoms with E-state index < -0.39 is 0 Å². The van der Waals surface area contributed by atoms with Crippen LogP contribution in [-0.4, -0.2) is 6.61 Å². The van der Waals surface area contributed by atoms with Crippen molar-refractivity contribution in [1.82, 2.24) is 0 Å². The van der Waals surface area contributed by atoms with Gasteiger partial charge in [0.05, 0.1) is 6.61 Å². The van der Waals surface area contributed by atoms with Crippen LogP contribution in [0.1, 0.15) is 51.0 Å². The van der Waals surface area contributed by atoms with E-state index in [9.17, 15) is 0 Å². The van der Waals surface area contributed by atoms with Crippen LogP contribution in [0.25, 0.3) is 0 Å². The predicted molar refractivity (Wildman–Crippen MR) is 67.4 cm³/mol. The molecule has 0 aliphatic carbocycles. The molecule has 0 aliphatic heterocycles. The maximum atomic E-state index is 5.59. The molecule has 1 aromatic heterocycles. The molecule has 0 spiro atoms. The lowest BCUT2D eigenvalue weighted by atomic mass is 10.1. The second kappa shape index (κ2) is 8.93. The van der Waals surface area contributed by atoms with E-state index in [-0.39, 0.29) is 0 Å². The van der Waals surface area contributed by atoms with Crippen LogP contribution in [0.15, 0.2) is 16.8 Å². The minimum atomic E-state index is 0.790. The first-order chi connectivity index (χ1) is 7.43. The molecule has 0 aliphatic rings. The Labute approximate surface area is 97.5 Å². The van der Waals surface area contributed by atoms with Gasteiger partial charge >= 0.3 is 0 Å². The second-order valence-corrected chi connectivity index (χ2v) is 4.73. The van der Waals surface area contributed by atoms with Crippen molar-refractivity contribution in [2.45, 2.75) is 52.1 Å². The minimum Gasteiger partial charge on any atom is -0.377 e. The molecule has 0 saturated carbocycles. The summed E-state index contributed by atoms with van der Waals surface area (Å²) in [5.74, 6) is 0. The molecule has 1 rings (SSSR count). The lowest BCUT2D eigenvalue weighted by Gasteiger charge is -2.02. The summed E-state index contributed by atoms with van der Waals surface area (Å²) in [6, 6.07) is 2.13. The molecule has 0 unspecified atom stereocenters. The third-order valence-corrected chi connectivity index (χ3v) is 3.22. The summed E-state index contributed by atoms with van der Waals surface area (Å²) >= 11 is 1.74. The second-order valence-electron chi connectivity index (χ2n) is 3.95. The molecule has 0 amide bonds. The average Bonchev–Trinajstić information content (AvgIpc) is 2.75. The Morgan fingerprint density at radius 3 is 2.67 bits per heavy atom. The van der Waals surface area contributed by atoms with Crippen molar-refractivity contribution >= 4 is 11.3 Å². The molecule has 0 aromatic carbocycles. The van der Waals surface area contributed by atoms with Gasteiger partial charge in [0.15, 0.2) is 0 Å². The molecule has 2 heteroatoms. The van der Waals surface area contributed by atoms with Crippen LogP contribution in [0.3, 0.4) is 0 Å². The first-order valence-corrected chi connectivity index (χ1v) is 6.96. The predicted octanol–water partition coefficient (Wildman–Crippen LogP) is 4.63. The van der Waals surface area contributed by atoms with Crippen molar-refractivity contribution in [3.8, 4) is 0 Å². The molecule has 1 nitrogen and oxygen atoms in total. The van der Waals surface area contributed by atoms with E-state index in [0.29, 0.717) is 0 Å². The van der Waals surface area contributed by atoms with Gasteiger partial charge < -0.3 is 4.74 Å². The lowest BCUT2D eigenvalue weighted by molar-refractivity contribution is 0.117. The number of rotatable bonds is 9. The van der Waals surface area contributed by atoms with E-state index in [1.54, 1.807) is 11.3 Å². The molecule has 86 valence electrons. The smallest absolute Gasteiger partial charge is 0.0724 e. The zero-order chi connectivity index (χ0) is 10.8. The highest BCUT2D eigenvalue weighted by molar-refractivity contribution is 7.07. The monoisotopic (exact) mass is 226 g/mol. The third kappa shape index (κ3) is 6.69. The maximum Gasteiger partial charge on any atom is 0.0724 e. The van der Waals surface area contributed by atoms with Crippen molar-refractivity contribution in [1.29, 1.82) is 0 Å². The molecule has 15 heavy (non-hydrogen) atoms. The summed E-state index contributed by atoms with van der Waals surface area (Å²) in [5, 5.41) is 4.25. The molecule has 0 N–H and O–H groups in total. The van der Waals surface area contributed by atoms with Gasteiger partial charge in [0, 0.05) is 6.61 Å². The van der Waals surface area contributed by atoms with E-state index in [1.807, 2.05) is 0 Å². The Morgan fingerprint density at radius 2 is 1.93 bits per heavy atom. The molecule has 0 saturated heterocycles. The zero-order valence-electron chi connectivity index (χ0n) is 9.71. The van der Waals surface area contributed by atoms with Gasteiger partial charge in [-0.2, -0.15) is 11.3 Å². The largest absolute Gasteiger partial charge is 0.377 e. The molecule has 0 fully saturated rings. The molecule has 1 aromatic rings. The van der Waals surface area contributed by atoms with Crippen molar-refractivity contribution < 1.29 is 4.74 Å². The van der Waals surface area contributed by atoms with Gasteiger partial charge in [-0.15, -0.1) is 0 Å². The number of hydrogen-bond acceptors (Lipinski definition) is 2. The summed E-state index contributed by atoms with van der Waals surface area (Å²) in [5.41, 5.74) is 1.31. The minimum absolute atomic E-state index is 0.790. The van der Waals surface area contributed by atoms with Crippen molar-refractivity contribution in [3.05, 3.63) is 22.4 Å². The zero-order valence-corrected chi connectivity index (χ0v) is 10.5. The van der Waals surface area contributed by atoms with Gasteiger partial charge in [0.25, 0.3) is 0 Å². The van der Waals surface area contributed by atoms with E-state index in [1.165, 1.54) is 44.1 Å². The first-order valence-electron chi connectivity index (χ1n) is 6.02. The Balaban J connectivity index is 1.81. The van der Waals surface area contributed by atoms with E-state index in [2.05, 4.69) is 23.8 Å². The van der Waals surface area contributed by atoms with Gasteiger partial charge in [-0.25, -0.2) is 0 Å². The highest BCUT2D eigenvalue weighted by Gasteiger charge is 1.93. The fraction of sp³-hybridized carbons (Fsp3) is 0.692. The summed E-state index contributed by atoms with van der Waals surface area (Å²) < 4.78 is 5.59. The maximum absolute atomic E-state index is 5.59. The van der Waals surface area contributed by atoms with Gasteiger partial charge in [0.1, 0.15) is 0 Å². The summed E-state index contributed by atoms with van der Waals surface area (Å²) in [6.07, 6.45) is 8.01. The van der Waals surface area contributed by atoms with E-state index in [0.717, 1.165) is 13.2 Å². The fourth-order valence-corrected chi connectivity index (χ4v) is 2.20. The van der Waals surface area contributed by atoms with Crippen LogP contribution >= 0.6 is 11.3 Å². The van der Waals surface area contributed by atoms with Gasteiger partial charge in [-0.3, -0.25) is 0 Å². The highest BCUT2D eigenvalue weighted by Crippen LogP contribution is 2.08. The summed E-state index contributed by atoms with van der Waals surface area (Å²) in [7, 11) is 0. The molecule has 1 heterocycles.